The normalized spacial score (nSPS) is 12.5. The molecule has 73 heavy (non-hydrogen) atoms. The lowest BCUT2D eigenvalue weighted by Gasteiger charge is -2.25. The van der Waals surface area contributed by atoms with Crippen LogP contribution in [-0.2, 0) is 35.1 Å². The van der Waals surface area contributed by atoms with Crippen molar-refractivity contribution in [1.29, 1.82) is 0 Å². The number of aromatic amines is 1. The Morgan fingerprint density at radius 2 is 1.32 bits per heavy atom. The van der Waals surface area contributed by atoms with Gasteiger partial charge in [0.25, 0.3) is 11.5 Å². The molecule has 0 aliphatic heterocycles. The van der Waals surface area contributed by atoms with Crippen LogP contribution in [0.4, 0.5) is 11.6 Å². The van der Waals surface area contributed by atoms with E-state index in [1.807, 2.05) is 0 Å². The summed E-state index contributed by atoms with van der Waals surface area (Å²) in [4.78, 5) is 85.9. The quantitative estimate of drug-likeness (QED) is 0.0210. The number of fused-ring (bicyclic) bond motifs is 1. The number of amides is 3. The topological polar surface area (TPSA) is 207 Å². The fourth-order valence-electron chi connectivity index (χ4n) is 8.44. The highest BCUT2D eigenvalue weighted by molar-refractivity contribution is 5.97. The number of aromatic nitrogens is 4. The molecule has 0 aliphatic carbocycles. The summed E-state index contributed by atoms with van der Waals surface area (Å²) in [5.74, 6) is -1.40. The predicted molar refractivity (Wildman–Crippen MR) is 293 cm³/mol. The molecule has 0 spiro atoms. The van der Waals surface area contributed by atoms with Gasteiger partial charge in [-0.15, -0.1) is 0 Å². The SMILES string of the molecule is CC=Nc1nc2ncc(CN(C=O)c3ccc(C(=O)N[C@@H](CCC(=O)NCC(COCCCCCCCCCCCCCC)OCCCCCCCCCCCCCC)C(=O)OC(C)(C)C)cc3)nc2c(=O)[nH]1. The molecule has 2 heterocycles. The molecule has 0 aliphatic rings. The minimum Gasteiger partial charge on any atom is -0.458 e. The number of esters is 1. The second-order valence-corrected chi connectivity index (χ2v) is 20.3. The Bertz CT molecular complexity index is 2090. The minimum absolute atomic E-state index is 0.00159. The van der Waals surface area contributed by atoms with Crippen LogP contribution in [0.2, 0.25) is 0 Å². The first kappa shape index (κ1) is 62.2. The number of rotatable bonds is 42. The van der Waals surface area contributed by atoms with Crippen LogP contribution in [0.5, 0.6) is 0 Å². The zero-order valence-electron chi connectivity index (χ0n) is 45.6. The van der Waals surface area contributed by atoms with Crippen LogP contribution in [0.3, 0.4) is 0 Å². The monoisotopic (exact) mass is 1020 g/mol. The Balaban J connectivity index is 1.52. The van der Waals surface area contributed by atoms with Gasteiger partial charge in [-0.1, -0.05) is 155 Å². The molecule has 0 radical (unpaired) electrons. The van der Waals surface area contributed by atoms with Crippen LogP contribution in [-0.4, -0.2) is 94.5 Å². The number of H-pyrrole nitrogens is 1. The van der Waals surface area contributed by atoms with Gasteiger partial charge in [0.15, 0.2) is 11.2 Å². The van der Waals surface area contributed by atoms with E-state index < -0.39 is 29.1 Å². The van der Waals surface area contributed by atoms with Gasteiger partial charge >= 0.3 is 5.97 Å². The van der Waals surface area contributed by atoms with Crippen LogP contribution in [0.25, 0.3) is 11.2 Å². The van der Waals surface area contributed by atoms with Crippen molar-refractivity contribution < 1.29 is 33.4 Å². The first-order valence-corrected chi connectivity index (χ1v) is 27.9. The molecule has 0 saturated heterocycles. The van der Waals surface area contributed by atoms with Crippen molar-refractivity contribution >= 4 is 53.2 Å². The maximum absolute atomic E-state index is 13.6. The number of unbranched alkanes of at least 4 members (excludes halogenated alkanes) is 22. The van der Waals surface area contributed by atoms with Gasteiger partial charge < -0.3 is 29.7 Å². The number of anilines is 1. The molecule has 408 valence electrons. The van der Waals surface area contributed by atoms with E-state index >= 15 is 0 Å². The lowest BCUT2D eigenvalue weighted by molar-refractivity contribution is -0.157. The molecular weight excluding hydrogens is 925 g/mol. The third-order valence-corrected chi connectivity index (χ3v) is 12.6. The van der Waals surface area contributed by atoms with Crippen molar-refractivity contribution in [3.05, 3.63) is 52.1 Å². The maximum Gasteiger partial charge on any atom is 0.329 e. The summed E-state index contributed by atoms with van der Waals surface area (Å²) >= 11 is 0. The summed E-state index contributed by atoms with van der Waals surface area (Å²) in [5.41, 5.74) is -0.229. The lowest BCUT2D eigenvalue weighted by Crippen LogP contribution is -2.45. The second kappa shape index (κ2) is 37.6. The van der Waals surface area contributed by atoms with Crippen LogP contribution >= 0.6 is 0 Å². The molecule has 3 N–H and O–H groups in total. The number of carbonyl (C=O) groups is 4. The Labute approximate surface area is 436 Å². The van der Waals surface area contributed by atoms with Crippen molar-refractivity contribution in [2.45, 2.75) is 233 Å². The average molecular weight is 1020 g/mol. The van der Waals surface area contributed by atoms with Crippen LogP contribution < -0.4 is 21.1 Å². The van der Waals surface area contributed by atoms with Crippen LogP contribution in [0.15, 0.2) is 40.2 Å². The Morgan fingerprint density at radius 3 is 1.85 bits per heavy atom. The highest BCUT2D eigenvalue weighted by Crippen LogP contribution is 2.19. The van der Waals surface area contributed by atoms with E-state index in [4.69, 9.17) is 14.2 Å². The molecule has 0 saturated carbocycles. The summed E-state index contributed by atoms with van der Waals surface area (Å²) in [7, 11) is 0. The molecule has 16 nitrogen and oxygen atoms in total. The molecule has 2 atom stereocenters. The molecule has 3 rings (SSSR count). The molecular formula is C57H92N8O8. The van der Waals surface area contributed by atoms with Gasteiger partial charge in [-0.2, -0.15) is 4.98 Å². The minimum atomic E-state index is -1.12. The molecule has 0 bridgehead atoms. The van der Waals surface area contributed by atoms with E-state index in [9.17, 15) is 24.0 Å². The van der Waals surface area contributed by atoms with E-state index in [2.05, 4.69) is 49.4 Å². The molecule has 3 amide bonds. The number of aliphatic imine (C=N–C) groups is 1. The Kier molecular flexibility index (Phi) is 32.1. The Hall–Kier alpha value is -5.09. The molecule has 2 aromatic heterocycles. The number of hydrogen-bond acceptors (Lipinski definition) is 12. The summed E-state index contributed by atoms with van der Waals surface area (Å²) < 4.78 is 18.0. The molecule has 3 aromatic rings. The Morgan fingerprint density at radius 1 is 0.767 bits per heavy atom. The van der Waals surface area contributed by atoms with Crippen LogP contribution in [0, 0.1) is 0 Å². The summed E-state index contributed by atoms with van der Waals surface area (Å²) in [5, 5.41) is 5.75. The van der Waals surface area contributed by atoms with Gasteiger partial charge in [-0.05, 0) is 71.2 Å². The number of nitrogens with zero attached hydrogens (tertiary/aromatic N) is 5. The van der Waals surface area contributed by atoms with E-state index in [-0.39, 0.29) is 60.6 Å². The van der Waals surface area contributed by atoms with Crippen molar-refractivity contribution in [3.63, 3.8) is 0 Å². The number of hydrogen-bond donors (Lipinski definition) is 3. The smallest absolute Gasteiger partial charge is 0.329 e. The molecule has 16 heteroatoms. The summed E-state index contributed by atoms with van der Waals surface area (Å²) in [6, 6.07) is 5.09. The number of carbonyl (C=O) groups excluding carboxylic acids is 4. The zero-order chi connectivity index (χ0) is 52.9. The second-order valence-electron chi connectivity index (χ2n) is 20.3. The molecule has 1 aromatic carbocycles. The number of benzene rings is 1. The standard InChI is InChI=1S/C57H92N8O8/c1-7-10-12-14-16-18-20-22-24-26-28-30-38-71-43-48(72-39-31-29-27-25-23-21-19-17-15-13-11-8-2)41-59-50(67)37-36-49(55(70)73-57(4,5)6)62-53(68)45-32-34-47(35-33-45)65(44-66)42-46-40-60-52-51(61-46)54(69)64-56(63-52)58-9-3/h9,32-35,40,44,48-49H,7-8,10-31,36-39,41-43H2,1-6H3,(H,59,67)(H,62,68)(H,60,63,64,69)/t48?,49-/m0/s1. The molecule has 1 unspecified atom stereocenters. The number of ether oxygens (including phenoxy) is 3. The first-order chi connectivity index (χ1) is 35.4. The van der Waals surface area contributed by atoms with E-state index in [1.54, 1.807) is 39.8 Å². The van der Waals surface area contributed by atoms with Crippen LogP contribution in [0.1, 0.15) is 225 Å². The van der Waals surface area contributed by atoms with E-state index in [0.717, 1.165) is 25.7 Å². The summed E-state index contributed by atoms with van der Waals surface area (Å²) in [6.07, 6.45) is 33.7. The highest BCUT2D eigenvalue weighted by atomic mass is 16.6. The largest absolute Gasteiger partial charge is 0.458 e. The lowest BCUT2D eigenvalue weighted by atomic mass is 10.1. The van der Waals surface area contributed by atoms with Gasteiger partial charge in [-0.25, -0.2) is 19.8 Å². The zero-order valence-corrected chi connectivity index (χ0v) is 45.6. The molecule has 0 fully saturated rings. The maximum atomic E-state index is 13.6. The predicted octanol–water partition coefficient (Wildman–Crippen LogP) is 11.7. The van der Waals surface area contributed by atoms with Gasteiger partial charge in [0.05, 0.1) is 31.1 Å². The van der Waals surface area contributed by atoms with Crippen molar-refractivity contribution in [2.75, 3.05) is 31.3 Å². The van der Waals surface area contributed by atoms with Crippen molar-refractivity contribution in [2.24, 2.45) is 4.99 Å². The van der Waals surface area contributed by atoms with E-state index in [0.29, 0.717) is 37.6 Å². The van der Waals surface area contributed by atoms with Crippen molar-refractivity contribution in [1.82, 2.24) is 30.6 Å². The van der Waals surface area contributed by atoms with Gasteiger partial charge in [-0.3, -0.25) is 24.2 Å². The van der Waals surface area contributed by atoms with Gasteiger partial charge in [0.2, 0.25) is 18.3 Å². The third kappa shape index (κ3) is 27.7. The highest BCUT2D eigenvalue weighted by Gasteiger charge is 2.28. The van der Waals surface area contributed by atoms with Crippen molar-refractivity contribution in [3.8, 4) is 0 Å². The first-order valence-electron chi connectivity index (χ1n) is 27.9. The third-order valence-electron chi connectivity index (χ3n) is 12.6. The van der Waals surface area contributed by atoms with E-state index in [1.165, 1.54) is 158 Å². The number of nitrogens with one attached hydrogen (secondary N) is 3. The van der Waals surface area contributed by atoms with Gasteiger partial charge in [0, 0.05) is 43.6 Å². The fourth-order valence-corrected chi connectivity index (χ4v) is 8.44. The summed E-state index contributed by atoms with van der Waals surface area (Å²) in [6.45, 7) is 13.3. The average Bonchev–Trinajstić information content (AvgIpc) is 3.37. The van der Waals surface area contributed by atoms with Gasteiger partial charge in [0.1, 0.15) is 11.6 Å². The fraction of sp³-hybridized carbons (Fsp3) is 0.702.